The lowest BCUT2D eigenvalue weighted by molar-refractivity contribution is 0.0109. The van der Waals surface area contributed by atoms with Crippen molar-refractivity contribution in [3.05, 3.63) is 0 Å². The fourth-order valence-corrected chi connectivity index (χ4v) is 3.88. The molecule has 0 radical (unpaired) electrons. The number of hydrogen-bond donors (Lipinski definition) is 2. The number of piperidine rings is 2. The Bertz CT molecular complexity index is 612. The van der Waals surface area contributed by atoms with Gasteiger partial charge in [0.2, 0.25) is 0 Å². The van der Waals surface area contributed by atoms with Gasteiger partial charge in [-0.05, 0) is 66.7 Å². The Balaban J connectivity index is 1.92. The Morgan fingerprint density at radius 2 is 1.74 bits per heavy atom. The Labute approximate surface area is 186 Å². The highest BCUT2D eigenvalue weighted by atomic mass is 16.6. The number of guanidine groups is 1. The summed E-state index contributed by atoms with van der Waals surface area (Å²) < 4.78 is 10.7. The number of carbonyl (C=O) groups excluding carboxylic acids is 2. The molecule has 0 aromatic carbocycles. The maximum absolute atomic E-state index is 12.6. The minimum absolute atomic E-state index is 0.0460. The summed E-state index contributed by atoms with van der Waals surface area (Å²) in [5.74, 6) is 0.756. The Kier molecular flexibility index (Phi) is 9.71. The van der Waals surface area contributed by atoms with Crippen molar-refractivity contribution in [1.82, 2.24) is 20.4 Å². The van der Waals surface area contributed by atoms with E-state index in [2.05, 4.69) is 10.6 Å². The first-order valence-electron chi connectivity index (χ1n) is 11.7. The molecule has 9 nitrogen and oxygen atoms in total. The molecule has 0 saturated carbocycles. The third-order valence-corrected chi connectivity index (χ3v) is 5.42. The van der Waals surface area contributed by atoms with Gasteiger partial charge >= 0.3 is 12.2 Å². The third kappa shape index (κ3) is 8.45. The zero-order chi connectivity index (χ0) is 22.9. The van der Waals surface area contributed by atoms with Gasteiger partial charge in [-0.25, -0.2) is 9.59 Å². The molecule has 9 heteroatoms. The van der Waals surface area contributed by atoms with Gasteiger partial charge in [-0.1, -0.05) is 0 Å². The fourth-order valence-electron chi connectivity index (χ4n) is 3.88. The van der Waals surface area contributed by atoms with Crippen molar-refractivity contribution in [3.8, 4) is 0 Å². The van der Waals surface area contributed by atoms with Crippen LogP contribution in [0, 0.1) is 0 Å². The van der Waals surface area contributed by atoms with Crippen LogP contribution in [0.15, 0.2) is 4.99 Å². The number of carbonyl (C=O) groups is 2. The monoisotopic (exact) mass is 439 g/mol. The van der Waals surface area contributed by atoms with E-state index in [9.17, 15) is 9.59 Å². The van der Waals surface area contributed by atoms with E-state index in [1.54, 1.807) is 4.90 Å². The maximum atomic E-state index is 12.6. The smallest absolute Gasteiger partial charge is 0.410 e. The molecule has 2 fully saturated rings. The van der Waals surface area contributed by atoms with Gasteiger partial charge in [-0.15, -0.1) is 0 Å². The summed E-state index contributed by atoms with van der Waals surface area (Å²) >= 11 is 0. The molecule has 178 valence electrons. The molecule has 2 rings (SSSR count). The molecule has 2 saturated heterocycles. The van der Waals surface area contributed by atoms with Gasteiger partial charge < -0.3 is 29.9 Å². The Morgan fingerprint density at radius 1 is 1.03 bits per heavy atom. The van der Waals surface area contributed by atoms with Gasteiger partial charge in [-0.2, -0.15) is 0 Å². The van der Waals surface area contributed by atoms with Crippen LogP contribution >= 0.6 is 0 Å². The van der Waals surface area contributed by atoms with E-state index < -0.39 is 5.60 Å². The first-order valence-corrected chi connectivity index (χ1v) is 11.7. The summed E-state index contributed by atoms with van der Waals surface area (Å²) in [6.45, 7) is 13.3. The van der Waals surface area contributed by atoms with Crippen LogP contribution in [0.1, 0.15) is 66.7 Å². The summed E-state index contributed by atoms with van der Waals surface area (Å²) in [5, 5.41) is 6.80. The van der Waals surface area contributed by atoms with Crippen molar-refractivity contribution in [3.63, 3.8) is 0 Å². The van der Waals surface area contributed by atoms with Crippen LogP contribution in [-0.4, -0.2) is 85.0 Å². The molecular weight excluding hydrogens is 398 g/mol. The minimum Gasteiger partial charge on any atom is -0.450 e. The summed E-state index contributed by atoms with van der Waals surface area (Å²) in [6.07, 6.45) is 4.22. The lowest BCUT2D eigenvalue weighted by Crippen LogP contribution is -2.51. The molecule has 1 atom stereocenters. The average molecular weight is 440 g/mol. The standard InChI is InChI=1S/C22H41N5O4/c1-6-23-19(25-17-11-14-26(15-12-17)20(28)30-7-2)24-16-18-10-8-9-13-27(18)21(29)31-22(3,4)5/h17-18H,6-16H2,1-5H3,(H2,23,24,25). The highest BCUT2D eigenvalue weighted by Gasteiger charge is 2.30. The molecular formula is C22H41N5O4. The largest absolute Gasteiger partial charge is 0.450 e. The van der Waals surface area contributed by atoms with Crippen LogP contribution < -0.4 is 10.6 Å². The van der Waals surface area contributed by atoms with E-state index in [1.807, 2.05) is 39.5 Å². The second kappa shape index (κ2) is 12.0. The van der Waals surface area contributed by atoms with E-state index in [0.29, 0.717) is 32.8 Å². The molecule has 0 spiro atoms. The van der Waals surface area contributed by atoms with Crippen molar-refractivity contribution in [1.29, 1.82) is 0 Å². The lowest BCUT2D eigenvalue weighted by atomic mass is 10.0. The summed E-state index contributed by atoms with van der Waals surface area (Å²) in [5.41, 5.74) is -0.503. The van der Waals surface area contributed by atoms with Crippen LogP contribution in [0.5, 0.6) is 0 Å². The molecule has 1 unspecified atom stereocenters. The molecule has 0 aliphatic carbocycles. The molecule has 2 amide bonds. The highest BCUT2D eigenvalue weighted by Crippen LogP contribution is 2.21. The number of likely N-dealkylation sites (tertiary alicyclic amines) is 2. The quantitative estimate of drug-likeness (QED) is 0.505. The number of nitrogens with zero attached hydrogens (tertiary/aromatic N) is 3. The van der Waals surface area contributed by atoms with E-state index in [1.165, 1.54) is 0 Å². The number of hydrogen-bond acceptors (Lipinski definition) is 5. The van der Waals surface area contributed by atoms with Crippen molar-refractivity contribution >= 4 is 18.1 Å². The van der Waals surface area contributed by atoms with Gasteiger partial charge in [0.25, 0.3) is 0 Å². The lowest BCUT2D eigenvalue weighted by Gasteiger charge is -2.36. The Hall–Kier alpha value is -2.19. The minimum atomic E-state index is -0.503. The number of amides is 2. The SMILES string of the molecule is CCNC(=NCC1CCCCN1C(=O)OC(C)(C)C)NC1CCN(C(=O)OCC)CC1. The van der Waals surface area contributed by atoms with Gasteiger partial charge in [0.05, 0.1) is 19.2 Å². The third-order valence-electron chi connectivity index (χ3n) is 5.42. The number of ether oxygens (including phenoxy) is 2. The zero-order valence-corrected chi connectivity index (χ0v) is 19.9. The van der Waals surface area contributed by atoms with E-state index in [4.69, 9.17) is 14.5 Å². The average Bonchev–Trinajstić information content (AvgIpc) is 2.72. The van der Waals surface area contributed by atoms with Gasteiger partial charge in [0.1, 0.15) is 5.60 Å². The first kappa shape index (κ1) is 25.1. The van der Waals surface area contributed by atoms with Crippen molar-refractivity contribution < 1.29 is 19.1 Å². The predicted molar refractivity (Wildman–Crippen MR) is 121 cm³/mol. The molecule has 0 aromatic heterocycles. The highest BCUT2D eigenvalue weighted by molar-refractivity contribution is 5.80. The van der Waals surface area contributed by atoms with E-state index in [0.717, 1.165) is 44.6 Å². The molecule has 2 N–H and O–H groups in total. The predicted octanol–water partition coefficient (Wildman–Crippen LogP) is 2.95. The van der Waals surface area contributed by atoms with Crippen molar-refractivity contribution in [2.24, 2.45) is 4.99 Å². The number of rotatable bonds is 5. The fraction of sp³-hybridized carbons (Fsp3) is 0.864. The Morgan fingerprint density at radius 3 is 2.35 bits per heavy atom. The van der Waals surface area contributed by atoms with Crippen LogP contribution in [0.3, 0.4) is 0 Å². The van der Waals surface area contributed by atoms with E-state index >= 15 is 0 Å². The van der Waals surface area contributed by atoms with Crippen LogP contribution in [0.25, 0.3) is 0 Å². The van der Waals surface area contributed by atoms with Gasteiger partial charge in [-0.3, -0.25) is 4.99 Å². The maximum Gasteiger partial charge on any atom is 0.410 e. The van der Waals surface area contributed by atoms with E-state index in [-0.39, 0.29) is 24.3 Å². The summed E-state index contributed by atoms with van der Waals surface area (Å²) in [4.78, 5) is 32.9. The molecule has 2 aliphatic rings. The second-order valence-electron chi connectivity index (χ2n) is 9.15. The molecule has 2 aliphatic heterocycles. The molecule has 0 aromatic rings. The topological polar surface area (TPSA) is 95.5 Å². The van der Waals surface area contributed by atoms with Crippen molar-refractivity contribution in [2.45, 2.75) is 84.4 Å². The summed E-state index contributed by atoms with van der Waals surface area (Å²) in [7, 11) is 0. The van der Waals surface area contributed by atoms with Crippen LogP contribution in [0.4, 0.5) is 9.59 Å². The van der Waals surface area contributed by atoms with Gasteiger partial charge in [0.15, 0.2) is 5.96 Å². The second-order valence-corrected chi connectivity index (χ2v) is 9.15. The van der Waals surface area contributed by atoms with Crippen LogP contribution in [-0.2, 0) is 9.47 Å². The number of aliphatic imine (C=N–C) groups is 1. The zero-order valence-electron chi connectivity index (χ0n) is 19.9. The molecule has 2 heterocycles. The first-order chi connectivity index (χ1) is 14.7. The van der Waals surface area contributed by atoms with Crippen LogP contribution in [0.2, 0.25) is 0 Å². The normalized spacial score (nSPS) is 20.9. The van der Waals surface area contributed by atoms with Crippen molar-refractivity contribution in [2.75, 3.05) is 39.3 Å². The summed E-state index contributed by atoms with van der Waals surface area (Å²) in [6, 6.07) is 0.293. The molecule has 31 heavy (non-hydrogen) atoms. The van der Waals surface area contributed by atoms with Gasteiger partial charge in [0, 0.05) is 32.2 Å². The number of nitrogens with one attached hydrogen (secondary N) is 2. The molecule has 0 bridgehead atoms.